The van der Waals surface area contributed by atoms with Gasteiger partial charge in [-0.2, -0.15) is 0 Å². The third-order valence-corrected chi connectivity index (χ3v) is 5.15. The molecule has 0 spiro atoms. The van der Waals surface area contributed by atoms with Crippen molar-refractivity contribution in [2.45, 2.75) is 24.9 Å². The van der Waals surface area contributed by atoms with Crippen LogP contribution >= 0.6 is 0 Å². The molecule has 1 fully saturated rings. The van der Waals surface area contributed by atoms with Gasteiger partial charge in [0.05, 0.1) is 6.67 Å². The van der Waals surface area contributed by atoms with Crippen molar-refractivity contribution in [3.05, 3.63) is 0 Å². The number of rotatable bonds is 8. The van der Waals surface area contributed by atoms with Crippen molar-refractivity contribution in [1.29, 1.82) is 0 Å². The quantitative estimate of drug-likeness (QED) is 0.163. The summed E-state index contributed by atoms with van der Waals surface area (Å²) in [7, 11) is -7.81. The minimum Gasteiger partial charge on any atom is -1.00 e. The highest BCUT2D eigenvalue weighted by atomic mass is 127. The zero-order valence-corrected chi connectivity index (χ0v) is 15.5. The molecule has 0 unspecified atom stereocenters. The van der Waals surface area contributed by atoms with E-state index in [4.69, 9.17) is 28.8 Å². The summed E-state index contributed by atoms with van der Waals surface area (Å²) in [6.07, 6.45) is 1.09. The molecule has 0 aliphatic carbocycles. The average molecular weight is 439 g/mol. The van der Waals surface area contributed by atoms with Gasteiger partial charge in [0.15, 0.2) is 0 Å². The molecule has 20 heavy (non-hydrogen) atoms. The second-order valence-corrected chi connectivity index (χ2v) is 9.23. The van der Waals surface area contributed by atoms with E-state index in [1.807, 2.05) is 0 Å². The SMILES string of the molecule is O[Si](O)(O)CCCN1CCN(CCC[Si](O)(O)O)C1.[I-]. The Morgan fingerprint density at radius 2 is 1.05 bits per heavy atom. The predicted octanol–water partition coefficient (Wildman–Crippen LogP) is -5.82. The van der Waals surface area contributed by atoms with Gasteiger partial charge in [-0.05, 0) is 25.9 Å². The summed E-state index contributed by atoms with van der Waals surface area (Å²) in [4.78, 5) is 57.6. The van der Waals surface area contributed by atoms with Crippen LogP contribution in [0.2, 0.25) is 12.1 Å². The maximum absolute atomic E-state index is 8.89. The molecule has 8 nitrogen and oxygen atoms in total. The number of hydrogen-bond acceptors (Lipinski definition) is 8. The van der Waals surface area contributed by atoms with Gasteiger partial charge in [0, 0.05) is 25.2 Å². The highest BCUT2D eigenvalue weighted by Crippen LogP contribution is 2.11. The first-order valence-corrected chi connectivity index (χ1v) is 10.5. The zero-order chi connectivity index (χ0) is 14.5. The molecule has 11 heteroatoms. The summed E-state index contributed by atoms with van der Waals surface area (Å²) in [6, 6.07) is 0.105. The number of halogens is 1. The van der Waals surface area contributed by atoms with E-state index in [1.165, 1.54) is 0 Å². The Balaban J connectivity index is 0.00000361. The normalized spacial score (nSPS) is 18.3. The summed E-state index contributed by atoms with van der Waals surface area (Å²) >= 11 is 0. The highest BCUT2D eigenvalue weighted by molar-refractivity contribution is 6.56. The molecular weight excluding hydrogens is 415 g/mol. The molecule has 122 valence electrons. The van der Waals surface area contributed by atoms with Gasteiger partial charge in [0.25, 0.3) is 0 Å². The summed E-state index contributed by atoms with van der Waals surface area (Å²) in [5, 5.41) is 0. The lowest BCUT2D eigenvalue weighted by Crippen LogP contribution is -3.00. The summed E-state index contributed by atoms with van der Waals surface area (Å²) in [6.45, 7) is 3.89. The van der Waals surface area contributed by atoms with Gasteiger partial charge in [-0.3, -0.25) is 9.80 Å². The zero-order valence-electron chi connectivity index (χ0n) is 11.3. The Labute approximate surface area is 138 Å². The second-order valence-electron chi connectivity index (χ2n) is 5.13. The first-order chi connectivity index (χ1) is 8.66. The fourth-order valence-electron chi connectivity index (χ4n) is 2.15. The van der Waals surface area contributed by atoms with E-state index in [0.717, 1.165) is 19.8 Å². The molecule has 1 heterocycles. The van der Waals surface area contributed by atoms with Crippen LogP contribution < -0.4 is 24.0 Å². The lowest BCUT2D eigenvalue weighted by molar-refractivity contribution is -0.0000199. The molecule has 0 saturated carbocycles. The molecule has 0 aromatic carbocycles. The van der Waals surface area contributed by atoms with E-state index < -0.39 is 17.6 Å². The molecule has 1 aliphatic heterocycles. The molecule has 0 amide bonds. The molecule has 0 aromatic rings. The average Bonchev–Trinajstić information content (AvgIpc) is 2.62. The topological polar surface area (TPSA) is 128 Å². The Morgan fingerprint density at radius 1 is 0.700 bits per heavy atom. The van der Waals surface area contributed by atoms with E-state index in [-0.39, 0.29) is 36.1 Å². The molecule has 1 aliphatic rings. The van der Waals surface area contributed by atoms with Crippen LogP contribution in [0, 0.1) is 0 Å². The van der Waals surface area contributed by atoms with Crippen LogP contribution in [0.3, 0.4) is 0 Å². The maximum atomic E-state index is 8.89. The van der Waals surface area contributed by atoms with Gasteiger partial charge in [0.2, 0.25) is 0 Å². The fourth-order valence-corrected chi connectivity index (χ4v) is 3.42. The minimum absolute atomic E-state index is 0. The Kier molecular flexibility index (Phi) is 9.47. The monoisotopic (exact) mass is 439 g/mol. The van der Waals surface area contributed by atoms with Crippen LogP contribution in [0.4, 0.5) is 0 Å². The van der Waals surface area contributed by atoms with Gasteiger partial charge in [-0.25, -0.2) is 0 Å². The molecule has 6 N–H and O–H groups in total. The van der Waals surface area contributed by atoms with Crippen molar-refractivity contribution in [2.75, 3.05) is 32.8 Å². The van der Waals surface area contributed by atoms with Crippen LogP contribution in [0.1, 0.15) is 12.8 Å². The van der Waals surface area contributed by atoms with Crippen LogP contribution in [-0.4, -0.2) is 89.0 Å². The van der Waals surface area contributed by atoms with E-state index in [0.29, 0.717) is 25.9 Å². The van der Waals surface area contributed by atoms with Crippen LogP contribution in [0.15, 0.2) is 0 Å². The first kappa shape index (κ1) is 20.8. The van der Waals surface area contributed by atoms with E-state index in [2.05, 4.69) is 9.80 Å². The predicted molar refractivity (Wildman–Crippen MR) is 71.7 cm³/mol. The van der Waals surface area contributed by atoms with E-state index in [1.54, 1.807) is 0 Å². The lowest BCUT2D eigenvalue weighted by Gasteiger charge is -2.19. The molecule has 1 saturated heterocycles. The molecule has 0 radical (unpaired) electrons. The van der Waals surface area contributed by atoms with Crippen molar-refractivity contribution in [3.8, 4) is 0 Å². The van der Waals surface area contributed by atoms with Crippen LogP contribution in [0.5, 0.6) is 0 Å². The van der Waals surface area contributed by atoms with Crippen molar-refractivity contribution in [3.63, 3.8) is 0 Å². The Hall–Kier alpha value is 0.844. The van der Waals surface area contributed by atoms with Gasteiger partial charge in [-0.15, -0.1) is 0 Å². The van der Waals surface area contributed by atoms with Crippen LogP contribution in [0.25, 0.3) is 0 Å². The summed E-state index contributed by atoms with van der Waals surface area (Å²) < 4.78 is 0. The molecule has 0 aromatic heterocycles. The maximum Gasteiger partial charge on any atom is 0.492 e. The Bertz CT molecular complexity index is 250. The first-order valence-electron chi connectivity index (χ1n) is 6.45. The fraction of sp³-hybridized carbons (Fsp3) is 1.00. The highest BCUT2D eigenvalue weighted by Gasteiger charge is 2.28. The largest absolute Gasteiger partial charge is 1.00 e. The third kappa shape index (κ3) is 10.6. The second kappa shape index (κ2) is 9.09. The van der Waals surface area contributed by atoms with Crippen molar-refractivity contribution in [1.82, 2.24) is 9.80 Å². The summed E-state index contributed by atoms with van der Waals surface area (Å²) in [5.74, 6) is 0. The minimum atomic E-state index is -3.91. The molecule has 0 atom stereocenters. The number of nitrogens with zero attached hydrogens (tertiary/aromatic N) is 2. The van der Waals surface area contributed by atoms with Gasteiger partial charge >= 0.3 is 17.6 Å². The van der Waals surface area contributed by atoms with Gasteiger partial charge in [-0.1, -0.05) is 0 Å². The molecule has 0 bridgehead atoms. The van der Waals surface area contributed by atoms with Crippen molar-refractivity contribution in [2.24, 2.45) is 0 Å². The van der Waals surface area contributed by atoms with Gasteiger partial charge < -0.3 is 52.8 Å². The Morgan fingerprint density at radius 3 is 1.35 bits per heavy atom. The molecule has 1 rings (SSSR count). The smallest absolute Gasteiger partial charge is 0.492 e. The van der Waals surface area contributed by atoms with Crippen molar-refractivity contribution < 1.29 is 52.8 Å². The third-order valence-electron chi connectivity index (χ3n) is 3.11. The van der Waals surface area contributed by atoms with Gasteiger partial charge in [0.1, 0.15) is 0 Å². The van der Waals surface area contributed by atoms with Crippen LogP contribution in [-0.2, 0) is 0 Å². The van der Waals surface area contributed by atoms with E-state index >= 15 is 0 Å². The summed E-state index contributed by atoms with van der Waals surface area (Å²) in [5.41, 5.74) is 0. The van der Waals surface area contributed by atoms with Crippen molar-refractivity contribution >= 4 is 17.6 Å². The molecular formula is C9H24IN2O6Si2-. The number of hydrogen-bond donors (Lipinski definition) is 6. The lowest BCUT2D eigenvalue weighted by atomic mass is 10.4. The van der Waals surface area contributed by atoms with E-state index in [9.17, 15) is 0 Å². The standard InChI is InChI=1S/C9H24N2O6Si2.HI/c12-18(13,14)7-1-3-10-5-6-11(9-10)4-2-8-19(15,16)17;/h12-17H,1-9H2;1H/p-1.